The van der Waals surface area contributed by atoms with Gasteiger partial charge in [0.05, 0.1) is 17.2 Å². The Bertz CT molecular complexity index is 874. The molecule has 4 rings (SSSR count). The number of hydrogen-bond acceptors (Lipinski definition) is 3. The van der Waals surface area contributed by atoms with Gasteiger partial charge in [0.25, 0.3) is 5.56 Å². The molecule has 1 amide bonds. The van der Waals surface area contributed by atoms with Crippen LogP contribution in [-0.4, -0.2) is 40.0 Å². The van der Waals surface area contributed by atoms with Crippen LogP contribution in [0.25, 0.3) is 11.0 Å². The summed E-state index contributed by atoms with van der Waals surface area (Å²) in [4.78, 5) is 30.5. The fourth-order valence-corrected chi connectivity index (χ4v) is 3.72. The van der Waals surface area contributed by atoms with Crippen LogP contribution in [-0.2, 0) is 4.79 Å². The van der Waals surface area contributed by atoms with E-state index in [9.17, 15) is 22.8 Å². The average molecular weight is 323 g/mol. The Balaban J connectivity index is 1.75. The normalized spacial score (nSPS) is 23.2. The van der Waals surface area contributed by atoms with E-state index in [-0.39, 0.29) is 30.5 Å². The lowest BCUT2D eigenvalue weighted by atomic mass is 9.95. The molecule has 2 heterocycles. The third-order valence-electron chi connectivity index (χ3n) is 4.64. The molecule has 2 aromatic rings. The number of hydrogen-bond donors (Lipinski definition) is 1. The summed E-state index contributed by atoms with van der Waals surface area (Å²) in [5, 5.41) is 0. The van der Waals surface area contributed by atoms with Gasteiger partial charge in [0.1, 0.15) is 0 Å². The molecule has 1 saturated heterocycles. The molecule has 0 radical (unpaired) electrons. The fourth-order valence-electron chi connectivity index (χ4n) is 3.72. The Labute approximate surface area is 128 Å². The lowest BCUT2D eigenvalue weighted by Crippen LogP contribution is -2.46. The zero-order valence-corrected chi connectivity index (χ0v) is 11.9. The number of likely N-dealkylation sites (tertiary alicyclic amines) is 1. The van der Waals surface area contributed by atoms with Gasteiger partial charge in [-0.05, 0) is 29.7 Å². The van der Waals surface area contributed by atoms with Crippen LogP contribution in [0.15, 0.2) is 23.1 Å². The Kier molecular flexibility index (Phi) is 2.82. The number of carbonyl (C=O) groups is 1. The highest BCUT2D eigenvalue weighted by Crippen LogP contribution is 2.47. The monoisotopic (exact) mass is 323 g/mol. The van der Waals surface area contributed by atoms with Gasteiger partial charge in [0, 0.05) is 24.9 Å². The molecule has 1 aromatic carbocycles. The molecule has 1 aliphatic carbocycles. The van der Waals surface area contributed by atoms with Crippen molar-refractivity contribution in [3.8, 4) is 0 Å². The highest BCUT2D eigenvalue weighted by molar-refractivity contribution is 5.83. The molecule has 120 valence electrons. The number of rotatable bonds is 0. The van der Waals surface area contributed by atoms with Gasteiger partial charge < -0.3 is 9.88 Å². The molecule has 1 aromatic heterocycles. The minimum Gasteiger partial charge on any atom is -0.334 e. The first kappa shape index (κ1) is 14.2. The van der Waals surface area contributed by atoms with Crippen LogP contribution in [0.2, 0.25) is 0 Å². The molecule has 0 spiro atoms. The highest BCUT2D eigenvalue weighted by Gasteiger charge is 2.47. The third-order valence-corrected chi connectivity index (χ3v) is 4.64. The molecule has 2 atom stereocenters. The average Bonchev–Trinajstić information content (AvgIpc) is 2.74. The van der Waals surface area contributed by atoms with Crippen molar-refractivity contribution in [2.24, 2.45) is 0 Å². The number of amides is 1. The summed E-state index contributed by atoms with van der Waals surface area (Å²) in [6.07, 6.45) is -2.95. The molecule has 5 nitrogen and oxygen atoms in total. The maximum Gasteiger partial charge on any atom is 0.471 e. The van der Waals surface area contributed by atoms with E-state index in [0.29, 0.717) is 11.0 Å². The summed E-state index contributed by atoms with van der Waals surface area (Å²) in [7, 11) is 0. The molecular formula is C15H12F3N3O2. The van der Waals surface area contributed by atoms with Crippen molar-refractivity contribution < 1.29 is 18.0 Å². The number of aromatic nitrogens is 2. The molecule has 2 unspecified atom stereocenters. The molecule has 0 saturated carbocycles. The van der Waals surface area contributed by atoms with Gasteiger partial charge in [-0.25, -0.2) is 4.98 Å². The summed E-state index contributed by atoms with van der Waals surface area (Å²) in [5.74, 6) is -2.03. The van der Waals surface area contributed by atoms with Gasteiger partial charge in [0.2, 0.25) is 0 Å². The number of nitrogens with one attached hydrogen (secondary N) is 1. The highest BCUT2D eigenvalue weighted by atomic mass is 19.4. The Morgan fingerprint density at radius 1 is 1.22 bits per heavy atom. The fraction of sp³-hybridized carbons (Fsp3) is 0.400. The quantitative estimate of drug-likeness (QED) is 0.805. The summed E-state index contributed by atoms with van der Waals surface area (Å²) in [6.45, 7) is 0.120. The van der Waals surface area contributed by atoms with Gasteiger partial charge in [-0.15, -0.1) is 0 Å². The number of carbonyl (C=O) groups excluding carboxylic acids is 1. The number of aromatic amines is 1. The molecule has 8 heteroatoms. The summed E-state index contributed by atoms with van der Waals surface area (Å²) in [5.41, 5.74) is 2.68. The topological polar surface area (TPSA) is 66.1 Å². The van der Waals surface area contributed by atoms with E-state index in [4.69, 9.17) is 0 Å². The standard InChI is InChI=1S/C15H12F3N3O2/c16-15(17,18)14(23)21-5-7-1-8(6-21)10-3-12-11(2-9(7)10)19-4-13(22)20-12/h2-4,7-8H,1,5-6H2,(H,20,22). The van der Waals surface area contributed by atoms with E-state index in [0.717, 1.165) is 22.4 Å². The molecular weight excluding hydrogens is 311 g/mol. The number of fused-ring (bicyclic) bond motifs is 6. The Morgan fingerprint density at radius 3 is 2.52 bits per heavy atom. The smallest absolute Gasteiger partial charge is 0.334 e. The van der Waals surface area contributed by atoms with Crippen LogP contribution >= 0.6 is 0 Å². The van der Waals surface area contributed by atoms with Crippen molar-refractivity contribution in [3.63, 3.8) is 0 Å². The first-order valence-corrected chi connectivity index (χ1v) is 7.22. The number of H-pyrrole nitrogens is 1. The van der Waals surface area contributed by atoms with Gasteiger partial charge in [-0.3, -0.25) is 9.59 Å². The van der Waals surface area contributed by atoms with Crippen LogP contribution in [0.4, 0.5) is 13.2 Å². The zero-order valence-electron chi connectivity index (χ0n) is 11.9. The predicted octanol–water partition coefficient (Wildman–Crippen LogP) is 1.90. The second kappa shape index (κ2) is 4.56. The number of halogens is 3. The van der Waals surface area contributed by atoms with Crippen molar-refractivity contribution >= 4 is 16.9 Å². The van der Waals surface area contributed by atoms with Gasteiger partial charge in [0.15, 0.2) is 0 Å². The van der Waals surface area contributed by atoms with Gasteiger partial charge >= 0.3 is 12.1 Å². The van der Waals surface area contributed by atoms with Crippen LogP contribution in [0.3, 0.4) is 0 Å². The predicted molar refractivity (Wildman–Crippen MR) is 75.1 cm³/mol. The minimum atomic E-state index is -4.85. The van der Waals surface area contributed by atoms with Crippen LogP contribution in [0, 0.1) is 0 Å². The third kappa shape index (κ3) is 2.20. The van der Waals surface area contributed by atoms with E-state index >= 15 is 0 Å². The molecule has 1 aliphatic heterocycles. The molecule has 1 N–H and O–H groups in total. The summed E-state index contributed by atoms with van der Waals surface area (Å²) in [6, 6.07) is 3.60. The van der Waals surface area contributed by atoms with Crippen LogP contribution in [0.1, 0.15) is 29.4 Å². The number of alkyl halides is 3. The minimum absolute atomic E-state index is 0.0534. The number of nitrogens with zero attached hydrogens (tertiary/aromatic N) is 2. The van der Waals surface area contributed by atoms with Gasteiger partial charge in [-0.1, -0.05) is 0 Å². The second-order valence-corrected chi connectivity index (χ2v) is 6.08. The van der Waals surface area contributed by atoms with E-state index in [1.54, 1.807) is 6.07 Å². The van der Waals surface area contributed by atoms with E-state index in [2.05, 4.69) is 9.97 Å². The number of benzene rings is 1. The maximum atomic E-state index is 12.7. The first-order chi connectivity index (χ1) is 10.8. The van der Waals surface area contributed by atoms with E-state index in [1.165, 1.54) is 6.20 Å². The molecule has 2 aliphatic rings. The van der Waals surface area contributed by atoms with E-state index in [1.807, 2.05) is 6.07 Å². The van der Waals surface area contributed by atoms with Crippen molar-refractivity contribution in [1.29, 1.82) is 0 Å². The van der Waals surface area contributed by atoms with Crippen molar-refractivity contribution in [2.75, 3.05) is 13.1 Å². The SMILES string of the molecule is O=C(N1CC2CC(C1)c1cc3[nH]c(=O)cnc3cc12)C(F)(F)F. The van der Waals surface area contributed by atoms with E-state index < -0.39 is 12.1 Å². The Hall–Kier alpha value is -2.38. The second-order valence-electron chi connectivity index (χ2n) is 6.08. The Morgan fingerprint density at radius 2 is 1.87 bits per heavy atom. The lowest BCUT2D eigenvalue weighted by Gasteiger charge is -2.32. The van der Waals surface area contributed by atoms with Crippen molar-refractivity contribution in [3.05, 3.63) is 39.8 Å². The maximum absolute atomic E-state index is 12.7. The summed E-state index contributed by atoms with van der Waals surface area (Å²) < 4.78 is 38.0. The van der Waals surface area contributed by atoms with Crippen LogP contribution in [0.5, 0.6) is 0 Å². The largest absolute Gasteiger partial charge is 0.471 e. The van der Waals surface area contributed by atoms with Crippen molar-refractivity contribution in [2.45, 2.75) is 24.4 Å². The number of piperidine rings is 1. The molecule has 1 fully saturated rings. The van der Waals surface area contributed by atoms with Gasteiger partial charge in [-0.2, -0.15) is 13.2 Å². The molecule has 2 bridgehead atoms. The zero-order chi connectivity index (χ0) is 16.4. The first-order valence-electron chi connectivity index (χ1n) is 7.22. The van der Waals surface area contributed by atoms with Crippen molar-refractivity contribution in [1.82, 2.24) is 14.9 Å². The van der Waals surface area contributed by atoms with Crippen LogP contribution < -0.4 is 5.56 Å². The molecule has 23 heavy (non-hydrogen) atoms. The lowest BCUT2D eigenvalue weighted by molar-refractivity contribution is -0.186. The summed E-state index contributed by atoms with van der Waals surface area (Å²) >= 11 is 0.